The Bertz CT molecular complexity index is 218. The predicted molar refractivity (Wildman–Crippen MR) is 57.0 cm³/mol. The fourth-order valence-electron chi connectivity index (χ4n) is 1.74. The van der Waals surface area contributed by atoms with Crippen molar-refractivity contribution in [3.05, 3.63) is 0 Å². The number of alkyl halides is 1. The van der Waals surface area contributed by atoms with Crippen LogP contribution in [0.3, 0.4) is 0 Å². The molecule has 0 aromatic heterocycles. The number of halogens is 1. The van der Waals surface area contributed by atoms with Gasteiger partial charge in [0.1, 0.15) is 0 Å². The monoisotopic (exact) mass is 216 g/mol. The van der Waals surface area contributed by atoms with Crippen LogP contribution in [0.4, 0.5) is 4.39 Å². The van der Waals surface area contributed by atoms with E-state index in [-0.39, 0.29) is 17.8 Å². The van der Waals surface area contributed by atoms with Crippen LogP contribution < -0.4 is 0 Å². The van der Waals surface area contributed by atoms with Gasteiger partial charge in [0.15, 0.2) is 0 Å². The molecule has 0 bridgehead atoms. The molecular weight excluding hydrogens is 195 g/mol. The van der Waals surface area contributed by atoms with Crippen molar-refractivity contribution in [3.8, 4) is 0 Å². The molecule has 0 aromatic carbocycles. The Labute approximate surface area is 91.2 Å². The smallest absolute Gasteiger partial charge is 0.311 e. The van der Waals surface area contributed by atoms with Gasteiger partial charge in [-0.2, -0.15) is 4.39 Å². The summed E-state index contributed by atoms with van der Waals surface area (Å²) in [5.41, 5.74) is 0. The summed E-state index contributed by atoms with van der Waals surface area (Å²) >= 11 is 0. The average Bonchev–Trinajstić information content (AvgIpc) is 2.18. The molecular formula is C12H21FO2. The van der Waals surface area contributed by atoms with Gasteiger partial charge in [0, 0.05) is 12.8 Å². The van der Waals surface area contributed by atoms with E-state index < -0.39 is 5.85 Å². The Hall–Kier alpha value is -0.600. The first kappa shape index (κ1) is 12.5. The van der Waals surface area contributed by atoms with E-state index in [1.165, 1.54) is 13.3 Å². The number of carbonyl (C=O) groups is 1. The standard InChI is InChI=1S/C12H21FO2/c1-9(2)12(3,13)15-11(14)10-7-5-4-6-8-10/h9-10H,4-8H2,1-3H3. The first-order valence-electron chi connectivity index (χ1n) is 5.85. The minimum atomic E-state index is -1.82. The highest BCUT2D eigenvalue weighted by Crippen LogP contribution is 2.29. The quantitative estimate of drug-likeness (QED) is 0.675. The second kappa shape index (κ2) is 4.95. The Balaban J connectivity index is 2.47. The Kier molecular flexibility index (Phi) is 4.12. The van der Waals surface area contributed by atoms with Crippen molar-refractivity contribution in [1.29, 1.82) is 0 Å². The molecule has 0 saturated heterocycles. The molecule has 1 unspecified atom stereocenters. The van der Waals surface area contributed by atoms with Crippen LogP contribution in [0, 0.1) is 11.8 Å². The molecule has 0 aromatic rings. The highest BCUT2D eigenvalue weighted by Gasteiger charge is 2.35. The van der Waals surface area contributed by atoms with Gasteiger partial charge in [-0.05, 0) is 12.8 Å². The molecule has 0 aliphatic heterocycles. The van der Waals surface area contributed by atoms with Crippen LogP contribution in [-0.4, -0.2) is 11.8 Å². The van der Waals surface area contributed by atoms with Crippen molar-refractivity contribution in [2.24, 2.45) is 11.8 Å². The molecule has 1 saturated carbocycles. The SMILES string of the molecule is CC(C)C(C)(F)OC(=O)C1CCCCC1. The fourth-order valence-corrected chi connectivity index (χ4v) is 1.74. The number of hydrogen-bond donors (Lipinski definition) is 0. The second-order valence-electron chi connectivity index (χ2n) is 4.90. The zero-order chi connectivity index (χ0) is 11.5. The van der Waals surface area contributed by atoms with Crippen LogP contribution in [0.5, 0.6) is 0 Å². The van der Waals surface area contributed by atoms with E-state index in [0.29, 0.717) is 0 Å². The zero-order valence-electron chi connectivity index (χ0n) is 9.88. The van der Waals surface area contributed by atoms with E-state index in [9.17, 15) is 9.18 Å². The van der Waals surface area contributed by atoms with Crippen molar-refractivity contribution in [2.45, 2.75) is 58.7 Å². The van der Waals surface area contributed by atoms with Crippen molar-refractivity contribution in [1.82, 2.24) is 0 Å². The molecule has 88 valence electrons. The van der Waals surface area contributed by atoms with Crippen LogP contribution in [0.15, 0.2) is 0 Å². The molecule has 15 heavy (non-hydrogen) atoms. The number of rotatable bonds is 3. The lowest BCUT2D eigenvalue weighted by atomic mass is 9.89. The van der Waals surface area contributed by atoms with Crippen molar-refractivity contribution in [2.75, 3.05) is 0 Å². The Morgan fingerprint density at radius 2 is 1.87 bits per heavy atom. The highest BCUT2D eigenvalue weighted by molar-refractivity contribution is 5.72. The molecule has 0 spiro atoms. The van der Waals surface area contributed by atoms with Gasteiger partial charge >= 0.3 is 5.97 Å². The van der Waals surface area contributed by atoms with Gasteiger partial charge in [0.05, 0.1) is 5.92 Å². The third-order valence-electron chi connectivity index (χ3n) is 3.27. The van der Waals surface area contributed by atoms with Crippen LogP contribution >= 0.6 is 0 Å². The van der Waals surface area contributed by atoms with E-state index in [0.717, 1.165) is 25.7 Å². The molecule has 1 aliphatic carbocycles. The highest BCUT2D eigenvalue weighted by atomic mass is 19.2. The van der Waals surface area contributed by atoms with Gasteiger partial charge in [-0.15, -0.1) is 0 Å². The molecule has 0 radical (unpaired) electrons. The van der Waals surface area contributed by atoms with Gasteiger partial charge in [0.25, 0.3) is 5.85 Å². The molecule has 1 rings (SSSR count). The van der Waals surface area contributed by atoms with Crippen molar-refractivity contribution >= 4 is 5.97 Å². The van der Waals surface area contributed by atoms with Crippen LogP contribution in [-0.2, 0) is 9.53 Å². The van der Waals surface area contributed by atoms with Crippen LogP contribution in [0.2, 0.25) is 0 Å². The summed E-state index contributed by atoms with van der Waals surface area (Å²) < 4.78 is 18.7. The van der Waals surface area contributed by atoms with Gasteiger partial charge in [-0.1, -0.05) is 33.1 Å². The maximum atomic E-state index is 13.8. The molecule has 1 fully saturated rings. The van der Waals surface area contributed by atoms with Gasteiger partial charge in [-0.25, -0.2) is 0 Å². The second-order valence-corrected chi connectivity index (χ2v) is 4.90. The Morgan fingerprint density at radius 1 is 1.33 bits per heavy atom. The lowest BCUT2D eigenvalue weighted by Crippen LogP contribution is -2.35. The predicted octanol–water partition coefficient (Wildman–Crippen LogP) is 3.45. The fraction of sp³-hybridized carbons (Fsp3) is 0.917. The van der Waals surface area contributed by atoms with E-state index in [4.69, 9.17) is 4.74 Å². The van der Waals surface area contributed by atoms with Crippen molar-refractivity contribution in [3.63, 3.8) is 0 Å². The first-order valence-corrected chi connectivity index (χ1v) is 5.85. The van der Waals surface area contributed by atoms with E-state index in [1.54, 1.807) is 13.8 Å². The third-order valence-corrected chi connectivity index (χ3v) is 3.27. The lowest BCUT2D eigenvalue weighted by Gasteiger charge is -2.28. The van der Waals surface area contributed by atoms with Crippen LogP contribution in [0.25, 0.3) is 0 Å². The molecule has 1 aliphatic rings. The minimum Gasteiger partial charge on any atom is -0.428 e. The third kappa shape index (κ3) is 3.47. The molecule has 2 nitrogen and oxygen atoms in total. The molecule has 0 N–H and O–H groups in total. The maximum Gasteiger partial charge on any atom is 0.311 e. The number of carbonyl (C=O) groups excluding carboxylic acids is 1. The summed E-state index contributed by atoms with van der Waals surface area (Å²) in [4.78, 5) is 11.7. The number of ether oxygens (including phenoxy) is 1. The largest absolute Gasteiger partial charge is 0.428 e. The molecule has 1 atom stereocenters. The summed E-state index contributed by atoms with van der Waals surface area (Å²) in [7, 11) is 0. The summed E-state index contributed by atoms with van der Waals surface area (Å²) in [6, 6.07) is 0. The molecule has 0 amide bonds. The maximum absolute atomic E-state index is 13.8. The molecule has 3 heteroatoms. The normalized spacial score (nSPS) is 22.5. The van der Waals surface area contributed by atoms with Gasteiger partial charge in [0.2, 0.25) is 0 Å². The minimum absolute atomic E-state index is 0.0763. The number of hydrogen-bond acceptors (Lipinski definition) is 2. The molecule has 0 heterocycles. The average molecular weight is 216 g/mol. The van der Waals surface area contributed by atoms with Gasteiger partial charge in [-0.3, -0.25) is 4.79 Å². The van der Waals surface area contributed by atoms with E-state index >= 15 is 0 Å². The zero-order valence-corrected chi connectivity index (χ0v) is 9.88. The Morgan fingerprint density at radius 3 is 2.33 bits per heavy atom. The summed E-state index contributed by atoms with van der Waals surface area (Å²) in [5.74, 6) is -2.56. The first-order chi connectivity index (χ1) is 6.93. The van der Waals surface area contributed by atoms with Crippen molar-refractivity contribution < 1.29 is 13.9 Å². The van der Waals surface area contributed by atoms with Gasteiger partial charge < -0.3 is 4.74 Å². The van der Waals surface area contributed by atoms with Crippen LogP contribution in [0.1, 0.15) is 52.9 Å². The topological polar surface area (TPSA) is 26.3 Å². The summed E-state index contributed by atoms with van der Waals surface area (Å²) in [5, 5.41) is 0. The van der Waals surface area contributed by atoms with E-state index in [2.05, 4.69) is 0 Å². The summed E-state index contributed by atoms with van der Waals surface area (Å²) in [6.45, 7) is 4.76. The van der Waals surface area contributed by atoms with E-state index in [1.807, 2.05) is 0 Å². The lowest BCUT2D eigenvalue weighted by molar-refractivity contribution is -0.194. The summed E-state index contributed by atoms with van der Waals surface area (Å²) in [6.07, 6.45) is 5.01. The number of esters is 1.